The van der Waals surface area contributed by atoms with Gasteiger partial charge < -0.3 is 10.4 Å². The molecule has 0 bridgehead atoms. The minimum atomic E-state index is -0.404. The number of hydrogen-bond donors (Lipinski definition) is 2. The second-order valence-electron chi connectivity index (χ2n) is 4.48. The van der Waals surface area contributed by atoms with Crippen molar-refractivity contribution in [1.82, 2.24) is 0 Å². The highest BCUT2D eigenvalue weighted by Crippen LogP contribution is 2.16. The van der Waals surface area contributed by atoms with Crippen LogP contribution in [0.3, 0.4) is 0 Å². The number of benzene rings is 2. The molecule has 106 valence electrons. The maximum Gasteiger partial charge on any atom is 0.256 e. The van der Waals surface area contributed by atoms with Crippen LogP contribution in [0, 0.1) is 24.6 Å². The first-order chi connectivity index (χ1) is 10.1. The quantitative estimate of drug-likeness (QED) is 0.833. The number of carbonyl (C=O) groups is 1. The van der Waals surface area contributed by atoms with Crippen molar-refractivity contribution >= 4 is 11.6 Å². The molecule has 3 nitrogen and oxygen atoms in total. The summed E-state index contributed by atoms with van der Waals surface area (Å²) in [5.41, 5.74) is 2.00. The fourth-order valence-corrected chi connectivity index (χ4v) is 1.93. The lowest BCUT2D eigenvalue weighted by molar-refractivity contribution is 0.102. The van der Waals surface area contributed by atoms with Crippen molar-refractivity contribution in [3.8, 4) is 11.8 Å². The Morgan fingerprint density at radius 1 is 1.29 bits per heavy atom. The van der Waals surface area contributed by atoms with Crippen LogP contribution in [-0.4, -0.2) is 17.6 Å². The van der Waals surface area contributed by atoms with Crippen molar-refractivity contribution in [2.24, 2.45) is 0 Å². The summed E-state index contributed by atoms with van der Waals surface area (Å²) in [4.78, 5) is 12.3. The Morgan fingerprint density at radius 2 is 2.05 bits per heavy atom. The number of aliphatic hydroxyl groups is 1. The van der Waals surface area contributed by atoms with Gasteiger partial charge in [-0.1, -0.05) is 24.0 Å². The van der Waals surface area contributed by atoms with E-state index < -0.39 is 5.82 Å². The molecule has 2 N–H and O–H groups in total. The Labute approximate surface area is 122 Å². The summed E-state index contributed by atoms with van der Waals surface area (Å²) in [6.45, 7) is 1.47. The summed E-state index contributed by atoms with van der Waals surface area (Å²) in [6.07, 6.45) is 0. The third-order valence-corrected chi connectivity index (χ3v) is 2.77. The lowest BCUT2D eigenvalue weighted by Gasteiger charge is -2.08. The number of halogens is 1. The minimum Gasteiger partial charge on any atom is -0.384 e. The lowest BCUT2D eigenvalue weighted by Crippen LogP contribution is -2.13. The smallest absolute Gasteiger partial charge is 0.256 e. The van der Waals surface area contributed by atoms with Gasteiger partial charge in [-0.15, -0.1) is 0 Å². The summed E-state index contributed by atoms with van der Waals surface area (Å²) >= 11 is 0. The molecule has 0 aliphatic heterocycles. The molecule has 2 aromatic carbocycles. The number of anilines is 1. The number of aliphatic hydroxyl groups excluding tert-OH is 1. The van der Waals surface area contributed by atoms with E-state index in [2.05, 4.69) is 17.2 Å². The van der Waals surface area contributed by atoms with Crippen LogP contribution in [-0.2, 0) is 0 Å². The lowest BCUT2D eigenvalue weighted by atomic mass is 10.1. The summed E-state index contributed by atoms with van der Waals surface area (Å²) < 4.78 is 13.3. The molecule has 0 unspecified atom stereocenters. The summed E-state index contributed by atoms with van der Waals surface area (Å²) in [5, 5.41) is 11.4. The molecule has 0 fully saturated rings. The highest BCUT2D eigenvalue weighted by Gasteiger charge is 2.10. The zero-order valence-electron chi connectivity index (χ0n) is 11.5. The van der Waals surface area contributed by atoms with Gasteiger partial charge >= 0.3 is 0 Å². The number of carbonyl (C=O) groups excluding carboxylic acids is 1. The topological polar surface area (TPSA) is 49.3 Å². The molecule has 21 heavy (non-hydrogen) atoms. The molecule has 2 rings (SSSR count). The molecule has 0 spiro atoms. The van der Waals surface area contributed by atoms with Gasteiger partial charge in [0.1, 0.15) is 12.4 Å². The molecule has 4 heteroatoms. The predicted molar refractivity (Wildman–Crippen MR) is 79.5 cm³/mol. The third kappa shape index (κ3) is 3.91. The summed E-state index contributed by atoms with van der Waals surface area (Å²) in [6, 6.07) is 11.1. The van der Waals surface area contributed by atoms with Crippen molar-refractivity contribution in [2.45, 2.75) is 6.92 Å². The molecule has 0 heterocycles. The second kappa shape index (κ2) is 6.69. The van der Waals surface area contributed by atoms with E-state index >= 15 is 0 Å². The molecule has 1 amide bonds. The highest BCUT2D eigenvalue weighted by molar-refractivity contribution is 6.06. The first-order valence-corrected chi connectivity index (χ1v) is 6.37. The van der Waals surface area contributed by atoms with Crippen LogP contribution >= 0.6 is 0 Å². The third-order valence-electron chi connectivity index (χ3n) is 2.77. The van der Waals surface area contributed by atoms with E-state index in [1.807, 2.05) is 0 Å². The summed E-state index contributed by atoms with van der Waals surface area (Å²) in [5.74, 6) is 4.45. The number of aryl methyl sites for hydroxylation is 1. The van der Waals surface area contributed by atoms with Crippen LogP contribution in [0.15, 0.2) is 42.5 Å². The van der Waals surface area contributed by atoms with Crippen LogP contribution in [0.5, 0.6) is 0 Å². The molecule has 2 aromatic rings. The molecular weight excluding hydrogens is 269 g/mol. The van der Waals surface area contributed by atoms with E-state index in [1.165, 1.54) is 12.1 Å². The van der Waals surface area contributed by atoms with Crippen molar-refractivity contribution in [2.75, 3.05) is 11.9 Å². The summed E-state index contributed by atoms with van der Waals surface area (Å²) in [7, 11) is 0. The number of hydrogen-bond acceptors (Lipinski definition) is 2. The molecule has 0 saturated carbocycles. The van der Waals surface area contributed by atoms with Gasteiger partial charge in [0, 0.05) is 11.3 Å². The van der Waals surface area contributed by atoms with Gasteiger partial charge in [-0.2, -0.15) is 0 Å². The Morgan fingerprint density at radius 3 is 2.76 bits per heavy atom. The van der Waals surface area contributed by atoms with Gasteiger partial charge in [-0.25, -0.2) is 4.39 Å². The largest absolute Gasteiger partial charge is 0.384 e. The van der Waals surface area contributed by atoms with E-state index in [1.54, 1.807) is 37.3 Å². The Bertz CT molecular complexity index is 709. The Hall–Kier alpha value is -2.64. The Kier molecular flexibility index (Phi) is 4.70. The normalized spacial score (nSPS) is 9.67. The van der Waals surface area contributed by atoms with Crippen LogP contribution in [0.25, 0.3) is 0 Å². The molecule has 0 atom stereocenters. The van der Waals surface area contributed by atoms with Crippen LogP contribution < -0.4 is 5.32 Å². The van der Waals surface area contributed by atoms with E-state index in [0.29, 0.717) is 16.8 Å². The van der Waals surface area contributed by atoms with Crippen LogP contribution in [0.4, 0.5) is 10.1 Å². The van der Waals surface area contributed by atoms with E-state index in [4.69, 9.17) is 5.11 Å². The van der Waals surface area contributed by atoms with Crippen molar-refractivity contribution in [1.29, 1.82) is 0 Å². The van der Waals surface area contributed by atoms with Gasteiger partial charge in [-0.3, -0.25) is 4.79 Å². The first kappa shape index (κ1) is 14.8. The minimum absolute atomic E-state index is 0.279. The maximum atomic E-state index is 13.3. The van der Waals surface area contributed by atoms with Gasteiger partial charge in [-0.05, 0) is 42.8 Å². The monoisotopic (exact) mass is 283 g/mol. The van der Waals surface area contributed by atoms with Gasteiger partial charge in [0.05, 0.1) is 5.56 Å². The average Bonchev–Trinajstić information content (AvgIpc) is 2.44. The Balaban J connectivity index is 2.28. The highest BCUT2D eigenvalue weighted by atomic mass is 19.1. The second-order valence-corrected chi connectivity index (χ2v) is 4.48. The molecular formula is C17H14FNO2. The molecule has 0 saturated heterocycles. The van der Waals surface area contributed by atoms with Gasteiger partial charge in [0.25, 0.3) is 5.91 Å². The zero-order chi connectivity index (χ0) is 15.2. The molecule has 0 radical (unpaired) electrons. The van der Waals surface area contributed by atoms with E-state index in [0.717, 1.165) is 5.56 Å². The molecule has 0 aliphatic carbocycles. The fraction of sp³-hybridized carbons (Fsp3) is 0.118. The average molecular weight is 283 g/mol. The van der Waals surface area contributed by atoms with Gasteiger partial charge in [0.15, 0.2) is 0 Å². The number of rotatable bonds is 2. The van der Waals surface area contributed by atoms with Crippen molar-refractivity contribution in [3.05, 3.63) is 65.0 Å². The predicted octanol–water partition coefficient (Wildman–Crippen LogP) is 2.73. The molecule has 0 aromatic heterocycles. The SMILES string of the molecule is Cc1cc(F)cc(NC(=O)c2ccccc2C#CCO)c1. The maximum absolute atomic E-state index is 13.3. The van der Waals surface area contributed by atoms with E-state index in [9.17, 15) is 9.18 Å². The standard InChI is InChI=1S/C17H14FNO2/c1-12-9-14(18)11-15(10-12)19-17(21)16-7-3-2-5-13(16)6-4-8-20/h2-3,5,7,9-11,20H,8H2,1H3,(H,19,21). The van der Waals surface area contributed by atoms with Crippen molar-refractivity contribution < 1.29 is 14.3 Å². The van der Waals surface area contributed by atoms with Crippen molar-refractivity contribution in [3.63, 3.8) is 0 Å². The van der Waals surface area contributed by atoms with Gasteiger partial charge in [0.2, 0.25) is 0 Å². The number of amides is 1. The first-order valence-electron chi connectivity index (χ1n) is 6.37. The van der Waals surface area contributed by atoms with E-state index in [-0.39, 0.29) is 12.5 Å². The van der Waals surface area contributed by atoms with Crippen LogP contribution in [0.2, 0.25) is 0 Å². The molecule has 0 aliphatic rings. The van der Waals surface area contributed by atoms with Crippen LogP contribution in [0.1, 0.15) is 21.5 Å². The fourth-order valence-electron chi connectivity index (χ4n) is 1.93. The number of nitrogens with one attached hydrogen (secondary N) is 1. The zero-order valence-corrected chi connectivity index (χ0v) is 11.5.